The largest absolute Gasteiger partial charge is 0.350 e. The predicted octanol–water partition coefficient (Wildman–Crippen LogP) is 4.84. The maximum absolute atomic E-state index is 13.7. The fourth-order valence-electron chi connectivity index (χ4n) is 4.51. The van der Waals surface area contributed by atoms with Crippen molar-refractivity contribution in [2.45, 2.75) is 58.2 Å². The molecular formula is C28H35FN4O2. The first-order valence-corrected chi connectivity index (χ1v) is 12.3. The number of aromatic nitrogens is 1. The van der Waals surface area contributed by atoms with E-state index in [1.54, 1.807) is 13.0 Å². The van der Waals surface area contributed by atoms with Gasteiger partial charge in [0.05, 0.1) is 6.04 Å². The summed E-state index contributed by atoms with van der Waals surface area (Å²) in [7, 11) is 4.06. The van der Waals surface area contributed by atoms with Crippen LogP contribution in [0.25, 0.3) is 10.9 Å². The van der Waals surface area contributed by atoms with Gasteiger partial charge in [-0.3, -0.25) is 9.59 Å². The van der Waals surface area contributed by atoms with Gasteiger partial charge >= 0.3 is 0 Å². The molecule has 2 amide bonds. The summed E-state index contributed by atoms with van der Waals surface area (Å²) in [5.41, 5.74) is 3.95. The maximum atomic E-state index is 13.7. The highest BCUT2D eigenvalue weighted by atomic mass is 19.1. The van der Waals surface area contributed by atoms with Crippen LogP contribution in [-0.2, 0) is 11.3 Å². The van der Waals surface area contributed by atoms with Crippen molar-refractivity contribution >= 4 is 22.7 Å². The fraction of sp³-hybridized carbons (Fsp3) is 0.429. The summed E-state index contributed by atoms with van der Waals surface area (Å²) >= 11 is 0. The van der Waals surface area contributed by atoms with Crippen LogP contribution >= 0.6 is 0 Å². The second kappa shape index (κ2) is 10.6. The van der Waals surface area contributed by atoms with Crippen molar-refractivity contribution in [3.05, 3.63) is 70.7 Å². The molecule has 0 saturated heterocycles. The Morgan fingerprint density at radius 3 is 2.49 bits per heavy atom. The number of aryl methyl sites for hydroxylation is 1. The summed E-state index contributed by atoms with van der Waals surface area (Å²) in [6, 6.07) is 11.8. The van der Waals surface area contributed by atoms with E-state index in [9.17, 15) is 14.0 Å². The number of hydrogen-bond acceptors (Lipinski definition) is 3. The average molecular weight is 479 g/mol. The zero-order valence-corrected chi connectivity index (χ0v) is 21.0. The van der Waals surface area contributed by atoms with Gasteiger partial charge in [-0.1, -0.05) is 37.1 Å². The molecule has 1 saturated carbocycles. The summed E-state index contributed by atoms with van der Waals surface area (Å²) in [5, 5.41) is 6.69. The quantitative estimate of drug-likeness (QED) is 0.390. The van der Waals surface area contributed by atoms with Gasteiger partial charge in [0.15, 0.2) is 0 Å². The van der Waals surface area contributed by atoms with Crippen molar-refractivity contribution in [1.29, 1.82) is 0 Å². The molecule has 6 nitrogen and oxygen atoms in total. The number of carbonyl (C=O) groups excluding carboxylic acids is 2. The number of rotatable bonds is 10. The molecule has 35 heavy (non-hydrogen) atoms. The molecule has 2 aromatic carbocycles. The number of aromatic amines is 1. The summed E-state index contributed by atoms with van der Waals surface area (Å²) in [6.45, 7) is 4.60. The van der Waals surface area contributed by atoms with Gasteiger partial charge in [0, 0.05) is 17.4 Å². The van der Waals surface area contributed by atoms with Crippen molar-refractivity contribution in [2.24, 2.45) is 5.92 Å². The van der Waals surface area contributed by atoms with E-state index in [2.05, 4.69) is 32.7 Å². The Morgan fingerprint density at radius 1 is 1.11 bits per heavy atom. The van der Waals surface area contributed by atoms with E-state index < -0.39 is 6.04 Å². The summed E-state index contributed by atoms with van der Waals surface area (Å²) in [6.07, 6.45) is 3.86. The van der Waals surface area contributed by atoms with E-state index in [4.69, 9.17) is 0 Å². The van der Waals surface area contributed by atoms with Gasteiger partial charge in [-0.15, -0.1) is 0 Å². The van der Waals surface area contributed by atoms with Gasteiger partial charge < -0.3 is 20.5 Å². The Bertz CT molecular complexity index is 1200. The number of nitrogens with zero attached hydrogens (tertiary/aromatic N) is 1. The molecule has 3 N–H and O–H groups in total. The third-order valence-corrected chi connectivity index (χ3v) is 6.77. The number of fused-ring (bicyclic) bond motifs is 1. The van der Waals surface area contributed by atoms with Gasteiger partial charge in [-0.05, 0) is 81.6 Å². The minimum absolute atomic E-state index is 0.186. The van der Waals surface area contributed by atoms with E-state index >= 15 is 0 Å². The minimum Gasteiger partial charge on any atom is -0.350 e. The molecule has 1 fully saturated rings. The summed E-state index contributed by atoms with van der Waals surface area (Å²) in [4.78, 5) is 31.6. The van der Waals surface area contributed by atoms with Gasteiger partial charge in [0.25, 0.3) is 5.91 Å². The number of amides is 2. The van der Waals surface area contributed by atoms with E-state index in [1.165, 1.54) is 30.5 Å². The molecular weight excluding hydrogens is 443 g/mol. The standard InChI is InChI=1S/C28H35FN4O2/c1-17-23-15-22(29)12-14-24(23)31-26(17)28(35)32-25(13-9-19-5-6-19)27(34)30-18(2)21-10-7-20(8-11-21)16-33(3)4/h7-8,10-12,14-15,18-19,25,31H,5-6,9,13,16H2,1-4H3,(H,30,34)(H,32,35)/t18-,25+/m1/s1. The highest BCUT2D eigenvalue weighted by Crippen LogP contribution is 2.34. The van der Waals surface area contributed by atoms with Crippen LogP contribution in [0.4, 0.5) is 4.39 Å². The van der Waals surface area contributed by atoms with Crippen LogP contribution in [0.5, 0.6) is 0 Å². The number of nitrogens with one attached hydrogen (secondary N) is 3. The lowest BCUT2D eigenvalue weighted by molar-refractivity contribution is -0.123. The molecule has 2 atom stereocenters. The third kappa shape index (κ3) is 6.28. The monoisotopic (exact) mass is 478 g/mol. The molecule has 0 bridgehead atoms. The topological polar surface area (TPSA) is 77.2 Å². The third-order valence-electron chi connectivity index (χ3n) is 6.77. The summed E-state index contributed by atoms with van der Waals surface area (Å²) in [5.74, 6) is -0.252. The highest BCUT2D eigenvalue weighted by Gasteiger charge is 2.28. The molecule has 0 spiro atoms. The van der Waals surface area contributed by atoms with E-state index in [1.807, 2.05) is 33.2 Å². The molecule has 3 aromatic rings. The lowest BCUT2D eigenvalue weighted by Crippen LogP contribution is -2.47. The maximum Gasteiger partial charge on any atom is 0.268 e. The van der Waals surface area contributed by atoms with E-state index in [-0.39, 0.29) is 23.7 Å². The van der Waals surface area contributed by atoms with E-state index in [0.29, 0.717) is 34.5 Å². The van der Waals surface area contributed by atoms with Crippen molar-refractivity contribution in [3.8, 4) is 0 Å². The number of benzene rings is 2. The molecule has 1 aliphatic rings. The zero-order valence-electron chi connectivity index (χ0n) is 21.0. The van der Waals surface area contributed by atoms with Crippen LogP contribution in [0.1, 0.15) is 65.8 Å². The van der Waals surface area contributed by atoms with Gasteiger partial charge in [0.1, 0.15) is 17.6 Å². The lowest BCUT2D eigenvalue weighted by atomic mass is 10.0. The van der Waals surface area contributed by atoms with Crippen LogP contribution in [-0.4, -0.2) is 41.8 Å². The Kier molecular flexibility index (Phi) is 7.55. The molecule has 186 valence electrons. The second-order valence-corrected chi connectivity index (χ2v) is 10.1. The molecule has 1 heterocycles. The van der Waals surface area contributed by atoms with Crippen molar-refractivity contribution in [2.75, 3.05) is 14.1 Å². The number of H-pyrrole nitrogens is 1. The molecule has 7 heteroatoms. The first-order valence-electron chi connectivity index (χ1n) is 12.3. The fourth-order valence-corrected chi connectivity index (χ4v) is 4.51. The van der Waals surface area contributed by atoms with Crippen LogP contribution in [0.15, 0.2) is 42.5 Å². The molecule has 0 aliphatic heterocycles. The number of hydrogen-bond donors (Lipinski definition) is 3. The Labute approximate surface area is 206 Å². The van der Waals surface area contributed by atoms with Gasteiger partial charge in [-0.2, -0.15) is 0 Å². The SMILES string of the molecule is Cc1c(C(=O)N[C@@H](CCC2CC2)C(=O)N[C@H](C)c2ccc(CN(C)C)cc2)[nH]c2ccc(F)cc12. The first kappa shape index (κ1) is 24.9. The molecule has 4 rings (SSSR count). The predicted molar refractivity (Wildman–Crippen MR) is 137 cm³/mol. The van der Waals surface area contributed by atoms with Crippen LogP contribution in [0, 0.1) is 18.7 Å². The Hall–Kier alpha value is -3.19. The number of halogens is 1. The van der Waals surface area contributed by atoms with Gasteiger partial charge in [-0.25, -0.2) is 4.39 Å². The lowest BCUT2D eigenvalue weighted by Gasteiger charge is -2.22. The van der Waals surface area contributed by atoms with Gasteiger partial charge in [0.2, 0.25) is 5.91 Å². The minimum atomic E-state index is -0.638. The first-order chi connectivity index (χ1) is 16.7. The highest BCUT2D eigenvalue weighted by molar-refractivity contribution is 6.02. The number of carbonyl (C=O) groups is 2. The van der Waals surface area contributed by atoms with Crippen molar-refractivity contribution in [3.63, 3.8) is 0 Å². The Morgan fingerprint density at radius 2 is 1.83 bits per heavy atom. The van der Waals surface area contributed by atoms with Crippen LogP contribution < -0.4 is 10.6 Å². The van der Waals surface area contributed by atoms with Crippen LogP contribution in [0.2, 0.25) is 0 Å². The van der Waals surface area contributed by atoms with Crippen LogP contribution in [0.3, 0.4) is 0 Å². The molecule has 1 aliphatic carbocycles. The average Bonchev–Trinajstić information content (AvgIpc) is 3.59. The summed E-state index contributed by atoms with van der Waals surface area (Å²) < 4.78 is 13.7. The normalized spacial score (nSPS) is 15.3. The van der Waals surface area contributed by atoms with Crippen molar-refractivity contribution < 1.29 is 14.0 Å². The molecule has 0 radical (unpaired) electrons. The zero-order chi connectivity index (χ0) is 25.1. The molecule has 0 unspecified atom stereocenters. The van der Waals surface area contributed by atoms with E-state index in [0.717, 1.165) is 18.5 Å². The van der Waals surface area contributed by atoms with Crippen molar-refractivity contribution in [1.82, 2.24) is 20.5 Å². The smallest absolute Gasteiger partial charge is 0.268 e. The second-order valence-electron chi connectivity index (χ2n) is 10.1. The molecule has 1 aromatic heterocycles. The Balaban J connectivity index is 1.45.